The number of phenols is 1. The molecular formula is C30H42N2O2. The molecule has 1 heterocycles. The third kappa shape index (κ3) is 5.71. The standard InChI is InChI=1S/C30H42N2O2/c1-8-12-23-16-22(15-20-13-10-9-11-14-20)28(31)32(23)19-26(33)21-17-24(29(2,3)4)27(34)25(18-21)30(5,6)7/h9-11,13-14,17-18,22-23,31,34H,8,12,15-16,19H2,1-7H3/t22-,23-/m0/s1. The SMILES string of the molecule is CCC[C@H]1C[C@H](Cc2ccccc2)C(=N)N1CC(=O)c1cc(C(C)(C)C)c(O)c(C(C)(C)C)c1. The molecule has 0 amide bonds. The number of phenolic OH excluding ortho intramolecular Hbond substituents is 1. The smallest absolute Gasteiger partial charge is 0.182 e. The van der Waals surface area contributed by atoms with Crippen molar-refractivity contribution in [2.24, 2.45) is 5.92 Å². The van der Waals surface area contributed by atoms with Gasteiger partial charge in [-0.25, -0.2) is 0 Å². The molecule has 34 heavy (non-hydrogen) atoms. The lowest BCUT2D eigenvalue weighted by Crippen LogP contribution is -2.38. The van der Waals surface area contributed by atoms with Crippen molar-refractivity contribution in [2.45, 2.75) is 91.0 Å². The third-order valence-corrected chi connectivity index (χ3v) is 7.00. The number of hydrogen-bond donors (Lipinski definition) is 2. The number of carbonyl (C=O) groups excluding carboxylic acids is 1. The van der Waals surface area contributed by atoms with E-state index in [1.807, 2.05) is 35.2 Å². The number of benzene rings is 2. The largest absolute Gasteiger partial charge is 0.507 e. The minimum Gasteiger partial charge on any atom is -0.507 e. The van der Waals surface area contributed by atoms with Crippen molar-refractivity contribution in [3.05, 3.63) is 64.7 Å². The number of amidine groups is 1. The van der Waals surface area contributed by atoms with E-state index in [1.165, 1.54) is 5.56 Å². The summed E-state index contributed by atoms with van der Waals surface area (Å²) in [5.74, 6) is 1.03. The van der Waals surface area contributed by atoms with Gasteiger partial charge in [-0.3, -0.25) is 10.2 Å². The van der Waals surface area contributed by atoms with Gasteiger partial charge in [-0.05, 0) is 47.8 Å². The molecule has 0 spiro atoms. The van der Waals surface area contributed by atoms with Crippen LogP contribution >= 0.6 is 0 Å². The Balaban J connectivity index is 1.90. The highest BCUT2D eigenvalue weighted by atomic mass is 16.3. The van der Waals surface area contributed by atoms with E-state index in [1.54, 1.807) is 0 Å². The Morgan fingerprint density at radius 1 is 1.03 bits per heavy atom. The number of hydrogen-bond acceptors (Lipinski definition) is 3. The van der Waals surface area contributed by atoms with Crippen LogP contribution in [-0.4, -0.2) is 34.2 Å². The zero-order valence-corrected chi connectivity index (χ0v) is 22.0. The quantitative estimate of drug-likeness (QED) is 0.441. The second-order valence-electron chi connectivity index (χ2n) is 11.9. The summed E-state index contributed by atoms with van der Waals surface area (Å²) in [6.07, 6.45) is 3.77. The predicted octanol–water partition coefficient (Wildman–Crippen LogP) is 6.88. The first kappa shape index (κ1) is 26.0. The Bertz CT molecular complexity index is 993. The summed E-state index contributed by atoms with van der Waals surface area (Å²) in [5.41, 5.74) is 2.89. The Morgan fingerprint density at radius 3 is 2.09 bits per heavy atom. The number of nitrogens with one attached hydrogen (secondary N) is 1. The molecule has 2 aromatic rings. The predicted molar refractivity (Wildman–Crippen MR) is 141 cm³/mol. The van der Waals surface area contributed by atoms with E-state index in [2.05, 4.69) is 60.6 Å². The highest BCUT2D eigenvalue weighted by Crippen LogP contribution is 2.40. The molecule has 0 unspecified atom stereocenters. The maximum Gasteiger partial charge on any atom is 0.182 e. The van der Waals surface area contributed by atoms with Crippen LogP contribution in [0.25, 0.3) is 0 Å². The number of likely N-dealkylation sites (tertiary alicyclic amines) is 1. The lowest BCUT2D eigenvalue weighted by molar-refractivity contribution is 0.0950. The Morgan fingerprint density at radius 2 is 1.59 bits per heavy atom. The molecule has 3 rings (SSSR count). The first-order chi connectivity index (χ1) is 15.8. The minimum absolute atomic E-state index is 0.0159. The number of nitrogens with zero attached hydrogens (tertiary/aromatic N) is 1. The lowest BCUT2D eigenvalue weighted by atomic mass is 9.78. The number of Topliss-reactive ketones (excluding diaryl/α,β-unsaturated/α-hetero) is 1. The van der Waals surface area contributed by atoms with Crippen LogP contribution < -0.4 is 0 Å². The molecule has 1 aliphatic heterocycles. The van der Waals surface area contributed by atoms with Gasteiger partial charge in [0.1, 0.15) is 5.75 Å². The maximum atomic E-state index is 13.6. The van der Waals surface area contributed by atoms with Crippen molar-refractivity contribution in [3.63, 3.8) is 0 Å². The second-order valence-corrected chi connectivity index (χ2v) is 11.9. The van der Waals surface area contributed by atoms with Crippen LogP contribution in [-0.2, 0) is 17.3 Å². The van der Waals surface area contributed by atoms with Crippen molar-refractivity contribution < 1.29 is 9.90 Å². The van der Waals surface area contributed by atoms with Crippen LogP contribution in [0.4, 0.5) is 0 Å². The third-order valence-electron chi connectivity index (χ3n) is 7.00. The van der Waals surface area contributed by atoms with Crippen LogP contribution in [0, 0.1) is 11.3 Å². The summed E-state index contributed by atoms with van der Waals surface area (Å²) < 4.78 is 0. The molecule has 0 aromatic heterocycles. The fourth-order valence-electron chi connectivity index (χ4n) is 5.08. The second kappa shape index (κ2) is 9.93. The van der Waals surface area contributed by atoms with Gasteiger partial charge in [0.2, 0.25) is 0 Å². The van der Waals surface area contributed by atoms with Gasteiger partial charge in [0.25, 0.3) is 0 Å². The number of rotatable bonds is 7. The first-order valence-corrected chi connectivity index (χ1v) is 12.6. The zero-order valence-electron chi connectivity index (χ0n) is 22.0. The van der Waals surface area contributed by atoms with E-state index in [9.17, 15) is 9.90 Å². The fraction of sp³-hybridized carbons (Fsp3) is 0.533. The van der Waals surface area contributed by atoms with E-state index in [0.29, 0.717) is 11.4 Å². The summed E-state index contributed by atoms with van der Waals surface area (Å²) >= 11 is 0. The van der Waals surface area contributed by atoms with Gasteiger partial charge in [-0.15, -0.1) is 0 Å². The van der Waals surface area contributed by atoms with E-state index >= 15 is 0 Å². The molecule has 0 saturated carbocycles. The number of ketones is 1. The van der Waals surface area contributed by atoms with Crippen LogP contribution in [0.2, 0.25) is 0 Å². The van der Waals surface area contributed by atoms with Crippen LogP contribution in [0.1, 0.15) is 94.8 Å². The number of aromatic hydroxyl groups is 1. The molecule has 1 aliphatic rings. The minimum atomic E-state index is -0.285. The van der Waals surface area contributed by atoms with Crippen molar-refractivity contribution in [3.8, 4) is 5.75 Å². The fourth-order valence-corrected chi connectivity index (χ4v) is 5.08. The average Bonchev–Trinajstić information content (AvgIpc) is 3.02. The molecule has 2 N–H and O–H groups in total. The summed E-state index contributed by atoms with van der Waals surface area (Å²) in [4.78, 5) is 15.7. The number of carbonyl (C=O) groups is 1. The highest BCUT2D eigenvalue weighted by molar-refractivity contribution is 6.01. The Kier molecular flexibility index (Phi) is 7.59. The van der Waals surface area contributed by atoms with Gasteiger partial charge in [0.05, 0.1) is 12.4 Å². The molecule has 0 bridgehead atoms. The maximum absolute atomic E-state index is 13.6. The highest BCUT2D eigenvalue weighted by Gasteiger charge is 2.37. The van der Waals surface area contributed by atoms with Gasteiger partial charge in [0, 0.05) is 28.7 Å². The van der Waals surface area contributed by atoms with Gasteiger partial charge >= 0.3 is 0 Å². The summed E-state index contributed by atoms with van der Waals surface area (Å²) in [6, 6.07) is 14.3. The Labute approximate surface area is 205 Å². The first-order valence-electron chi connectivity index (χ1n) is 12.6. The summed E-state index contributed by atoms with van der Waals surface area (Å²) in [6.45, 7) is 14.7. The van der Waals surface area contributed by atoms with Gasteiger partial charge in [0.15, 0.2) is 5.78 Å². The monoisotopic (exact) mass is 462 g/mol. The summed E-state index contributed by atoms with van der Waals surface area (Å²) in [7, 11) is 0. The lowest BCUT2D eigenvalue weighted by Gasteiger charge is -2.29. The van der Waals surface area contributed by atoms with Crippen LogP contribution in [0.3, 0.4) is 0 Å². The molecule has 4 nitrogen and oxygen atoms in total. The van der Waals surface area contributed by atoms with Crippen molar-refractivity contribution >= 4 is 11.6 Å². The van der Waals surface area contributed by atoms with Crippen LogP contribution in [0.5, 0.6) is 5.75 Å². The molecule has 0 aliphatic carbocycles. The molecule has 184 valence electrons. The molecule has 2 aromatic carbocycles. The molecule has 2 atom stereocenters. The molecule has 1 fully saturated rings. The zero-order chi connectivity index (χ0) is 25.3. The van der Waals surface area contributed by atoms with E-state index in [4.69, 9.17) is 5.41 Å². The van der Waals surface area contributed by atoms with Crippen molar-refractivity contribution in [2.75, 3.05) is 6.54 Å². The molecule has 1 saturated heterocycles. The summed E-state index contributed by atoms with van der Waals surface area (Å²) in [5, 5.41) is 20.0. The molecule has 0 radical (unpaired) electrons. The van der Waals surface area contributed by atoms with E-state index < -0.39 is 0 Å². The Hall–Kier alpha value is -2.62. The van der Waals surface area contributed by atoms with E-state index in [0.717, 1.165) is 36.8 Å². The van der Waals surface area contributed by atoms with Crippen LogP contribution in [0.15, 0.2) is 42.5 Å². The van der Waals surface area contributed by atoms with Gasteiger partial charge < -0.3 is 10.0 Å². The topological polar surface area (TPSA) is 64.4 Å². The van der Waals surface area contributed by atoms with Gasteiger partial charge in [-0.1, -0.05) is 85.2 Å². The van der Waals surface area contributed by atoms with Crippen molar-refractivity contribution in [1.29, 1.82) is 5.41 Å². The van der Waals surface area contributed by atoms with Gasteiger partial charge in [-0.2, -0.15) is 0 Å². The normalized spacial score (nSPS) is 19.0. The molecular weight excluding hydrogens is 420 g/mol. The molecule has 4 heteroatoms. The van der Waals surface area contributed by atoms with E-state index in [-0.39, 0.29) is 40.9 Å². The average molecular weight is 463 g/mol. The van der Waals surface area contributed by atoms with Crippen molar-refractivity contribution in [1.82, 2.24) is 4.90 Å².